The van der Waals surface area contributed by atoms with Crippen molar-refractivity contribution in [1.29, 1.82) is 0 Å². The van der Waals surface area contributed by atoms with Crippen LogP contribution in [0.4, 0.5) is 11.4 Å². The number of halogens is 5. The number of rotatable bonds is 6. The van der Waals surface area contributed by atoms with Crippen LogP contribution in [0, 0.1) is 13.8 Å². The van der Waals surface area contributed by atoms with Crippen molar-refractivity contribution in [2.45, 2.75) is 20.5 Å². The van der Waals surface area contributed by atoms with E-state index in [1.807, 2.05) is 80.6 Å². The molecular formula is C31H21Br2Cl3N2O2S. The number of benzene rings is 4. The quantitative estimate of drug-likeness (QED) is 0.184. The van der Waals surface area contributed by atoms with Crippen molar-refractivity contribution in [1.82, 2.24) is 0 Å². The maximum absolute atomic E-state index is 13.9. The molecule has 41 heavy (non-hydrogen) atoms. The summed E-state index contributed by atoms with van der Waals surface area (Å²) in [6.45, 7) is 4.14. The van der Waals surface area contributed by atoms with Crippen molar-refractivity contribution in [3.8, 4) is 5.75 Å². The first-order valence-corrected chi connectivity index (χ1v) is 15.8. The summed E-state index contributed by atoms with van der Waals surface area (Å²) < 4.78 is 7.79. The molecule has 5 rings (SSSR count). The predicted molar refractivity (Wildman–Crippen MR) is 180 cm³/mol. The highest BCUT2D eigenvalue weighted by Gasteiger charge is 2.35. The predicted octanol–water partition coefficient (Wildman–Crippen LogP) is 11.2. The standard InChI is InChI=1S/C31H21Br2Cl3N2O2S/c1-17-6-8-23(14-26(17)35)37-31-38(24-9-7-18(2)27(36)15-24)30(39)28(41-31)12-20-11-21(32)13-25(33)29(20)40-16-19-4-3-5-22(34)10-19/h3-15H,16H2,1-2H3/b28-12+,37-31?. The molecule has 4 aromatic carbocycles. The van der Waals surface area contributed by atoms with Gasteiger partial charge in [0.25, 0.3) is 5.91 Å². The first-order chi connectivity index (χ1) is 19.6. The molecule has 0 spiro atoms. The van der Waals surface area contributed by atoms with Gasteiger partial charge in [-0.3, -0.25) is 9.69 Å². The molecule has 0 radical (unpaired) electrons. The van der Waals surface area contributed by atoms with Crippen molar-refractivity contribution >= 4 is 107 Å². The summed E-state index contributed by atoms with van der Waals surface area (Å²) in [5.74, 6) is 0.360. The van der Waals surface area contributed by atoms with E-state index in [1.165, 1.54) is 11.8 Å². The molecule has 1 aliphatic rings. The largest absolute Gasteiger partial charge is 0.487 e. The Labute approximate surface area is 274 Å². The fourth-order valence-electron chi connectivity index (χ4n) is 4.02. The number of thioether (sulfide) groups is 1. The van der Waals surface area contributed by atoms with Gasteiger partial charge in [0.2, 0.25) is 0 Å². The molecule has 0 bridgehead atoms. The van der Waals surface area contributed by atoms with E-state index in [4.69, 9.17) is 44.5 Å². The number of hydrogen-bond acceptors (Lipinski definition) is 4. The molecular weight excluding hydrogens is 731 g/mol. The fourth-order valence-corrected chi connectivity index (χ4v) is 6.95. The molecule has 0 aromatic heterocycles. The summed E-state index contributed by atoms with van der Waals surface area (Å²) in [7, 11) is 0. The van der Waals surface area contributed by atoms with E-state index in [1.54, 1.807) is 17.0 Å². The normalized spacial score (nSPS) is 15.3. The minimum Gasteiger partial charge on any atom is -0.487 e. The van der Waals surface area contributed by atoms with Crippen LogP contribution in [0.5, 0.6) is 5.75 Å². The Morgan fingerprint density at radius 3 is 2.37 bits per heavy atom. The first kappa shape index (κ1) is 30.2. The maximum Gasteiger partial charge on any atom is 0.271 e. The van der Waals surface area contributed by atoms with Crippen LogP contribution in [0.1, 0.15) is 22.3 Å². The number of amidine groups is 1. The zero-order chi connectivity index (χ0) is 29.3. The van der Waals surface area contributed by atoms with Gasteiger partial charge in [-0.1, -0.05) is 75.0 Å². The number of aryl methyl sites for hydroxylation is 2. The van der Waals surface area contributed by atoms with Crippen molar-refractivity contribution in [3.63, 3.8) is 0 Å². The Balaban J connectivity index is 1.56. The lowest BCUT2D eigenvalue weighted by Crippen LogP contribution is -2.28. The Bertz CT molecular complexity index is 1740. The van der Waals surface area contributed by atoms with Crippen LogP contribution in [-0.2, 0) is 11.4 Å². The van der Waals surface area contributed by atoms with Gasteiger partial charge in [0, 0.05) is 25.1 Å². The zero-order valence-electron chi connectivity index (χ0n) is 21.7. The van der Waals surface area contributed by atoms with E-state index >= 15 is 0 Å². The number of nitrogens with zero attached hydrogens (tertiary/aromatic N) is 2. The number of amides is 1. The third-order valence-electron chi connectivity index (χ3n) is 6.20. The maximum atomic E-state index is 13.9. The number of ether oxygens (including phenoxy) is 1. The molecule has 1 saturated heterocycles. The van der Waals surface area contributed by atoms with Crippen molar-refractivity contribution in [2.75, 3.05) is 4.90 Å². The number of aliphatic imine (C=N–C) groups is 1. The van der Waals surface area contributed by atoms with Crippen molar-refractivity contribution in [3.05, 3.63) is 124 Å². The Hall–Kier alpha value is -2.26. The molecule has 0 atom stereocenters. The number of carbonyl (C=O) groups is 1. The lowest BCUT2D eigenvalue weighted by Gasteiger charge is -2.17. The van der Waals surface area contributed by atoms with Crippen LogP contribution in [0.15, 0.2) is 91.6 Å². The average molecular weight is 752 g/mol. The summed E-state index contributed by atoms with van der Waals surface area (Å²) in [5, 5.41) is 2.27. The van der Waals surface area contributed by atoms with E-state index in [9.17, 15) is 4.79 Å². The third kappa shape index (κ3) is 7.04. The van der Waals surface area contributed by atoms with E-state index < -0.39 is 0 Å². The molecule has 1 aliphatic heterocycles. The molecule has 0 saturated carbocycles. The summed E-state index contributed by atoms with van der Waals surface area (Å²) in [5.41, 5.74) is 4.74. The van der Waals surface area contributed by atoms with Crippen LogP contribution in [-0.4, -0.2) is 11.1 Å². The van der Waals surface area contributed by atoms with Crippen molar-refractivity contribution in [2.24, 2.45) is 4.99 Å². The van der Waals surface area contributed by atoms with Crippen LogP contribution in [0.3, 0.4) is 0 Å². The summed E-state index contributed by atoms with van der Waals surface area (Å²) in [6, 6.07) is 22.3. The highest BCUT2D eigenvalue weighted by molar-refractivity contribution is 9.11. The lowest BCUT2D eigenvalue weighted by atomic mass is 10.1. The fraction of sp³-hybridized carbons (Fsp3) is 0.0968. The Morgan fingerprint density at radius 1 is 0.927 bits per heavy atom. The highest BCUT2D eigenvalue weighted by atomic mass is 79.9. The van der Waals surface area contributed by atoms with Gasteiger partial charge < -0.3 is 4.74 Å². The molecule has 1 amide bonds. The van der Waals surface area contributed by atoms with Gasteiger partial charge in [-0.05, 0) is 113 Å². The van der Waals surface area contributed by atoms with Gasteiger partial charge in [0.15, 0.2) is 5.17 Å². The molecule has 4 aromatic rings. The second kappa shape index (κ2) is 12.9. The third-order valence-corrected chi connectivity index (χ3v) is 9.26. The number of hydrogen-bond donors (Lipinski definition) is 0. The second-order valence-corrected chi connectivity index (χ2v) is 13.3. The van der Waals surface area contributed by atoms with E-state index in [2.05, 4.69) is 31.9 Å². The van der Waals surface area contributed by atoms with Gasteiger partial charge >= 0.3 is 0 Å². The smallest absolute Gasteiger partial charge is 0.271 e. The molecule has 0 N–H and O–H groups in total. The van der Waals surface area contributed by atoms with Crippen LogP contribution in [0.25, 0.3) is 6.08 Å². The first-order valence-electron chi connectivity index (χ1n) is 12.3. The number of carbonyl (C=O) groups excluding carboxylic acids is 1. The summed E-state index contributed by atoms with van der Waals surface area (Å²) >= 11 is 27.4. The zero-order valence-corrected chi connectivity index (χ0v) is 28.0. The van der Waals surface area contributed by atoms with Crippen LogP contribution < -0.4 is 9.64 Å². The SMILES string of the molecule is Cc1ccc(N=C2S/C(=C/c3cc(Br)cc(Br)c3OCc3cccc(Cl)c3)C(=O)N2c2ccc(C)c(Cl)c2)cc1Cl. The molecule has 1 heterocycles. The van der Waals surface area contributed by atoms with Crippen LogP contribution >= 0.6 is 78.4 Å². The minimum atomic E-state index is -0.233. The molecule has 1 fully saturated rings. The molecule has 208 valence electrons. The summed E-state index contributed by atoms with van der Waals surface area (Å²) in [6.07, 6.45) is 1.81. The highest BCUT2D eigenvalue weighted by Crippen LogP contribution is 2.41. The number of anilines is 1. The average Bonchev–Trinajstić information content (AvgIpc) is 3.21. The van der Waals surface area contributed by atoms with Crippen LogP contribution in [0.2, 0.25) is 15.1 Å². The van der Waals surface area contributed by atoms with E-state index in [0.717, 1.165) is 25.6 Å². The van der Waals surface area contributed by atoms with Crippen molar-refractivity contribution < 1.29 is 9.53 Å². The molecule has 4 nitrogen and oxygen atoms in total. The van der Waals surface area contributed by atoms with Gasteiger partial charge in [-0.25, -0.2) is 4.99 Å². The Morgan fingerprint density at radius 2 is 1.66 bits per heavy atom. The van der Waals surface area contributed by atoms with Gasteiger partial charge in [-0.2, -0.15) is 0 Å². The van der Waals surface area contributed by atoms with E-state index in [-0.39, 0.29) is 5.91 Å². The lowest BCUT2D eigenvalue weighted by molar-refractivity contribution is -0.113. The molecule has 10 heteroatoms. The molecule has 0 unspecified atom stereocenters. The monoisotopic (exact) mass is 748 g/mol. The summed E-state index contributed by atoms with van der Waals surface area (Å²) in [4.78, 5) is 20.8. The van der Waals surface area contributed by atoms with Gasteiger partial charge in [0.05, 0.1) is 20.8 Å². The molecule has 0 aliphatic carbocycles. The van der Waals surface area contributed by atoms with Gasteiger partial charge in [-0.15, -0.1) is 0 Å². The van der Waals surface area contributed by atoms with Gasteiger partial charge in [0.1, 0.15) is 12.4 Å². The minimum absolute atomic E-state index is 0.233. The Kier molecular flexibility index (Phi) is 9.53. The van der Waals surface area contributed by atoms with E-state index in [0.29, 0.717) is 54.4 Å². The topological polar surface area (TPSA) is 41.9 Å². The second-order valence-electron chi connectivity index (χ2n) is 9.24.